The minimum absolute atomic E-state index is 0.0859. The number of methoxy groups -OCH3 is 1. The summed E-state index contributed by atoms with van der Waals surface area (Å²) in [6.07, 6.45) is 0. The van der Waals surface area contributed by atoms with Crippen LogP contribution in [0.25, 0.3) is 0 Å². The maximum absolute atomic E-state index is 13.8. The Labute approximate surface area is 145 Å². The van der Waals surface area contributed by atoms with Crippen LogP contribution in [0.5, 0.6) is 5.75 Å². The summed E-state index contributed by atoms with van der Waals surface area (Å²) >= 11 is 0. The van der Waals surface area contributed by atoms with E-state index in [1.807, 2.05) is 11.0 Å². The van der Waals surface area contributed by atoms with Crippen molar-refractivity contribution in [1.29, 1.82) is 5.26 Å². The molecular formula is C19H19F2N3O. The molecule has 4 nitrogen and oxygen atoms in total. The van der Waals surface area contributed by atoms with E-state index in [2.05, 4.69) is 4.90 Å². The second-order valence-corrected chi connectivity index (χ2v) is 5.97. The molecule has 1 saturated heterocycles. The Morgan fingerprint density at radius 3 is 2.56 bits per heavy atom. The summed E-state index contributed by atoms with van der Waals surface area (Å²) < 4.78 is 32.6. The van der Waals surface area contributed by atoms with Crippen LogP contribution in [0.3, 0.4) is 0 Å². The first-order valence-electron chi connectivity index (χ1n) is 8.10. The minimum Gasteiger partial charge on any atom is -0.496 e. The van der Waals surface area contributed by atoms with Gasteiger partial charge in [-0.1, -0.05) is 6.07 Å². The van der Waals surface area contributed by atoms with Crippen LogP contribution < -0.4 is 9.64 Å². The maximum atomic E-state index is 13.8. The molecule has 2 aromatic rings. The number of halogens is 2. The van der Waals surface area contributed by atoms with Gasteiger partial charge in [0.1, 0.15) is 29.0 Å². The second kappa shape index (κ2) is 7.49. The Kier molecular flexibility index (Phi) is 5.15. The molecule has 0 bridgehead atoms. The van der Waals surface area contributed by atoms with Crippen LogP contribution in [-0.2, 0) is 6.54 Å². The molecule has 0 aromatic heterocycles. The van der Waals surface area contributed by atoms with Crippen molar-refractivity contribution in [3.8, 4) is 11.8 Å². The van der Waals surface area contributed by atoms with Crippen LogP contribution in [0.2, 0.25) is 0 Å². The van der Waals surface area contributed by atoms with Crippen LogP contribution >= 0.6 is 0 Å². The van der Waals surface area contributed by atoms with Gasteiger partial charge >= 0.3 is 0 Å². The Balaban J connectivity index is 1.68. The zero-order valence-electron chi connectivity index (χ0n) is 14.0. The van der Waals surface area contributed by atoms with Crippen molar-refractivity contribution in [2.24, 2.45) is 0 Å². The number of hydrogen-bond donors (Lipinski definition) is 0. The predicted octanol–water partition coefficient (Wildman–Crippen LogP) is 3.17. The quantitative estimate of drug-likeness (QED) is 0.855. The number of nitrogens with zero attached hydrogens (tertiary/aromatic N) is 3. The highest BCUT2D eigenvalue weighted by molar-refractivity contribution is 5.60. The second-order valence-electron chi connectivity index (χ2n) is 5.97. The van der Waals surface area contributed by atoms with Crippen LogP contribution in [0.15, 0.2) is 36.4 Å². The number of hydrogen-bond acceptors (Lipinski definition) is 4. The van der Waals surface area contributed by atoms with E-state index < -0.39 is 5.82 Å². The highest BCUT2D eigenvalue weighted by Gasteiger charge is 2.21. The van der Waals surface area contributed by atoms with Crippen molar-refractivity contribution in [3.63, 3.8) is 0 Å². The third kappa shape index (κ3) is 3.72. The predicted molar refractivity (Wildman–Crippen MR) is 91.6 cm³/mol. The molecule has 130 valence electrons. The molecule has 0 amide bonds. The fraction of sp³-hybridized carbons (Fsp3) is 0.316. The summed E-state index contributed by atoms with van der Waals surface area (Å²) in [5.41, 5.74) is 1.52. The van der Waals surface area contributed by atoms with Crippen molar-refractivity contribution < 1.29 is 13.5 Å². The van der Waals surface area contributed by atoms with Crippen LogP contribution in [0, 0.1) is 23.0 Å². The lowest BCUT2D eigenvalue weighted by molar-refractivity contribution is 0.245. The SMILES string of the molecule is COc1ccc(F)cc1CN1CCN(c2cccc(F)c2C#N)CC1. The molecule has 3 rings (SSSR count). The van der Waals surface area contributed by atoms with E-state index in [0.717, 1.165) is 18.7 Å². The topological polar surface area (TPSA) is 39.5 Å². The van der Waals surface area contributed by atoms with E-state index in [1.165, 1.54) is 18.2 Å². The smallest absolute Gasteiger partial charge is 0.143 e. The Morgan fingerprint density at radius 1 is 1.12 bits per heavy atom. The minimum atomic E-state index is -0.494. The Hall–Kier alpha value is -2.65. The maximum Gasteiger partial charge on any atom is 0.143 e. The third-order valence-corrected chi connectivity index (χ3v) is 4.45. The van der Waals surface area contributed by atoms with Crippen LogP contribution in [-0.4, -0.2) is 38.2 Å². The van der Waals surface area contributed by atoms with Gasteiger partial charge in [0, 0.05) is 38.3 Å². The number of anilines is 1. The van der Waals surface area contributed by atoms with Gasteiger partial charge in [0.2, 0.25) is 0 Å². The van der Waals surface area contributed by atoms with E-state index in [-0.39, 0.29) is 11.4 Å². The standard InChI is InChI=1S/C19H19F2N3O/c1-25-19-6-5-15(20)11-14(19)13-23-7-9-24(10-8-23)18-4-2-3-17(21)16(18)12-22/h2-6,11H,7-10,13H2,1H3. The molecule has 0 spiro atoms. The van der Waals surface area contributed by atoms with E-state index in [4.69, 9.17) is 4.74 Å². The molecule has 0 N–H and O–H groups in total. The third-order valence-electron chi connectivity index (χ3n) is 4.45. The Morgan fingerprint density at radius 2 is 1.88 bits per heavy atom. The van der Waals surface area contributed by atoms with E-state index >= 15 is 0 Å². The molecule has 1 aliphatic rings. The van der Waals surface area contributed by atoms with Crippen molar-refractivity contribution in [3.05, 3.63) is 59.2 Å². The lowest BCUT2D eigenvalue weighted by Crippen LogP contribution is -2.46. The van der Waals surface area contributed by atoms with Gasteiger partial charge in [-0.15, -0.1) is 0 Å². The normalized spacial score (nSPS) is 15.0. The number of ether oxygens (including phenoxy) is 1. The summed E-state index contributed by atoms with van der Waals surface area (Å²) in [4.78, 5) is 4.21. The first-order chi connectivity index (χ1) is 12.1. The highest BCUT2D eigenvalue weighted by Crippen LogP contribution is 2.25. The monoisotopic (exact) mass is 343 g/mol. The first-order valence-corrected chi connectivity index (χ1v) is 8.10. The molecule has 0 atom stereocenters. The molecule has 2 aromatic carbocycles. The fourth-order valence-corrected chi connectivity index (χ4v) is 3.15. The fourth-order valence-electron chi connectivity index (χ4n) is 3.15. The lowest BCUT2D eigenvalue weighted by atomic mass is 10.1. The molecule has 0 radical (unpaired) electrons. The molecule has 1 aliphatic heterocycles. The summed E-state index contributed by atoms with van der Waals surface area (Å²) in [6.45, 7) is 3.41. The summed E-state index contributed by atoms with van der Waals surface area (Å²) in [5.74, 6) is -0.111. The zero-order chi connectivity index (χ0) is 17.8. The average molecular weight is 343 g/mol. The van der Waals surface area contributed by atoms with Crippen molar-refractivity contribution in [2.75, 3.05) is 38.2 Å². The lowest BCUT2D eigenvalue weighted by Gasteiger charge is -2.36. The molecule has 0 aliphatic carbocycles. The van der Waals surface area contributed by atoms with E-state index in [0.29, 0.717) is 31.1 Å². The zero-order valence-corrected chi connectivity index (χ0v) is 14.0. The van der Waals surface area contributed by atoms with Crippen molar-refractivity contribution in [1.82, 2.24) is 4.90 Å². The number of benzene rings is 2. The van der Waals surface area contributed by atoms with Gasteiger partial charge in [0.15, 0.2) is 0 Å². The van der Waals surface area contributed by atoms with Gasteiger partial charge in [-0.2, -0.15) is 5.26 Å². The molecule has 6 heteroatoms. The highest BCUT2D eigenvalue weighted by atomic mass is 19.1. The summed E-state index contributed by atoms with van der Waals surface area (Å²) in [7, 11) is 1.57. The Bertz CT molecular complexity index is 796. The summed E-state index contributed by atoms with van der Waals surface area (Å²) in [6, 6.07) is 11.1. The van der Waals surface area contributed by atoms with Crippen LogP contribution in [0.1, 0.15) is 11.1 Å². The van der Waals surface area contributed by atoms with Gasteiger partial charge in [0.05, 0.1) is 12.8 Å². The molecule has 0 unspecified atom stereocenters. The van der Waals surface area contributed by atoms with Gasteiger partial charge < -0.3 is 9.64 Å². The molecule has 1 heterocycles. The number of rotatable bonds is 4. The van der Waals surface area contributed by atoms with Gasteiger partial charge in [-0.05, 0) is 30.3 Å². The molecule has 1 fully saturated rings. The van der Waals surface area contributed by atoms with Crippen LogP contribution in [0.4, 0.5) is 14.5 Å². The van der Waals surface area contributed by atoms with E-state index in [9.17, 15) is 14.0 Å². The number of piperazine rings is 1. The van der Waals surface area contributed by atoms with Gasteiger partial charge in [0.25, 0.3) is 0 Å². The number of nitriles is 1. The molecule has 0 saturated carbocycles. The van der Waals surface area contributed by atoms with Gasteiger partial charge in [-0.25, -0.2) is 8.78 Å². The van der Waals surface area contributed by atoms with Gasteiger partial charge in [-0.3, -0.25) is 4.90 Å². The summed E-state index contributed by atoms with van der Waals surface area (Å²) in [5, 5.41) is 9.18. The average Bonchev–Trinajstić information content (AvgIpc) is 2.62. The molecule has 25 heavy (non-hydrogen) atoms. The largest absolute Gasteiger partial charge is 0.496 e. The van der Waals surface area contributed by atoms with Crippen molar-refractivity contribution >= 4 is 5.69 Å². The van der Waals surface area contributed by atoms with Crippen molar-refractivity contribution in [2.45, 2.75) is 6.54 Å². The first kappa shape index (κ1) is 17.2. The molecular weight excluding hydrogens is 324 g/mol. The van der Waals surface area contributed by atoms with E-state index in [1.54, 1.807) is 25.3 Å².